The minimum atomic E-state index is -0.663. The van der Waals surface area contributed by atoms with Crippen LogP contribution < -0.4 is 5.32 Å². The van der Waals surface area contributed by atoms with Crippen molar-refractivity contribution in [2.45, 2.75) is 386 Å². The zero-order valence-electron chi connectivity index (χ0n) is 50.1. The molecule has 6 heteroatoms. The van der Waals surface area contributed by atoms with Gasteiger partial charge in [0.25, 0.3) is 0 Å². The normalized spacial score (nSPS) is 12.6. The molecular formula is C68H131NO5. The molecule has 6 nitrogen and oxygen atoms in total. The Bertz CT molecular complexity index is 1150. The fourth-order valence-electron chi connectivity index (χ4n) is 10.6. The van der Waals surface area contributed by atoms with Gasteiger partial charge in [0.2, 0.25) is 5.91 Å². The fourth-order valence-corrected chi connectivity index (χ4v) is 10.6. The van der Waals surface area contributed by atoms with Crippen molar-refractivity contribution >= 4 is 11.9 Å². The molecule has 0 aromatic heterocycles. The number of aliphatic hydroxyl groups is 2. The van der Waals surface area contributed by atoms with E-state index in [9.17, 15) is 19.8 Å². The molecule has 3 N–H and O–H groups in total. The molecule has 0 radical (unpaired) electrons. The largest absolute Gasteiger partial charge is 0.466 e. The van der Waals surface area contributed by atoms with Crippen molar-refractivity contribution in [1.29, 1.82) is 0 Å². The number of hydrogen-bond donors (Lipinski definition) is 3. The predicted octanol–water partition coefficient (Wildman–Crippen LogP) is 21.4. The van der Waals surface area contributed by atoms with Crippen LogP contribution in [0.15, 0.2) is 24.3 Å². The minimum Gasteiger partial charge on any atom is -0.466 e. The van der Waals surface area contributed by atoms with Crippen molar-refractivity contribution in [1.82, 2.24) is 5.32 Å². The minimum absolute atomic E-state index is 0.00878. The maximum absolute atomic E-state index is 12.5. The molecule has 74 heavy (non-hydrogen) atoms. The lowest BCUT2D eigenvalue weighted by Crippen LogP contribution is -2.45. The number of aliphatic hydroxyl groups excluding tert-OH is 2. The van der Waals surface area contributed by atoms with E-state index in [-0.39, 0.29) is 18.5 Å². The average Bonchev–Trinajstić information content (AvgIpc) is 3.40. The highest BCUT2D eigenvalue weighted by Crippen LogP contribution is 2.19. The Kier molecular flexibility index (Phi) is 62.4. The zero-order chi connectivity index (χ0) is 53.6. The third kappa shape index (κ3) is 59.6. The van der Waals surface area contributed by atoms with Gasteiger partial charge in [0.15, 0.2) is 0 Å². The summed E-state index contributed by atoms with van der Waals surface area (Å²) in [6.07, 6.45) is 79.2. The van der Waals surface area contributed by atoms with E-state index in [4.69, 9.17) is 4.74 Å². The second-order valence-corrected chi connectivity index (χ2v) is 23.2. The van der Waals surface area contributed by atoms with Gasteiger partial charge in [-0.25, -0.2) is 0 Å². The van der Waals surface area contributed by atoms with Gasteiger partial charge < -0.3 is 20.3 Å². The van der Waals surface area contributed by atoms with E-state index >= 15 is 0 Å². The van der Waals surface area contributed by atoms with Crippen molar-refractivity contribution in [3.63, 3.8) is 0 Å². The fraction of sp³-hybridized carbons (Fsp3) is 0.912. The van der Waals surface area contributed by atoms with E-state index in [0.717, 1.165) is 51.4 Å². The van der Waals surface area contributed by atoms with Crippen LogP contribution in [0.3, 0.4) is 0 Å². The Morgan fingerprint density at radius 1 is 0.378 bits per heavy atom. The van der Waals surface area contributed by atoms with Crippen molar-refractivity contribution in [3.05, 3.63) is 24.3 Å². The lowest BCUT2D eigenvalue weighted by molar-refractivity contribution is -0.143. The summed E-state index contributed by atoms with van der Waals surface area (Å²) in [6.45, 7) is 4.96. The number of unbranched alkanes of at least 4 members (excludes halogenated alkanes) is 48. The van der Waals surface area contributed by atoms with Gasteiger partial charge in [-0.05, 0) is 57.8 Å². The van der Waals surface area contributed by atoms with Gasteiger partial charge in [-0.3, -0.25) is 9.59 Å². The van der Waals surface area contributed by atoms with Crippen LogP contribution in [0.25, 0.3) is 0 Å². The molecule has 0 aliphatic carbocycles. The first-order valence-electron chi connectivity index (χ1n) is 33.6. The molecule has 0 saturated carbocycles. The molecule has 1 amide bonds. The topological polar surface area (TPSA) is 95.9 Å². The summed E-state index contributed by atoms with van der Waals surface area (Å²) in [7, 11) is 0. The summed E-state index contributed by atoms with van der Waals surface area (Å²) in [5.74, 6) is -0.0226. The van der Waals surface area contributed by atoms with Crippen molar-refractivity contribution in [3.8, 4) is 0 Å². The molecule has 0 fully saturated rings. The second kappa shape index (κ2) is 63.9. The van der Waals surface area contributed by atoms with Crippen LogP contribution >= 0.6 is 0 Å². The van der Waals surface area contributed by atoms with Gasteiger partial charge >= 0.3 is 5.97 Å². The maximum atomic E-state index is 12.5. The van der Waals surface area contributed by atoms with Crippen molar-refractivity contribution in [2.24, 2.45) is 0 Å². The van der Waals surface area contributed by atoms with E-state index in [1.54, 1.807) is 0 Å². The molecule has 438 valence electrons. The van der Waals surface area contributed by atoms with Crippen LogP contribution in [-0.4, -0.2) is 47.4 Å². The number of rotatable bonds is 63. The van der Waals surface area contributed by atoms with Crippen LogP contribution in [0.5, 0.6) is 0 Å². The number of carbonyl (C=O) groups excluding carboxylic acids is 2. The monoisotopic (exact) mass is 1040 g/mol. The molecule has 2 unspecified atom stereocenters. The first kappa shape index (κ1) is 72.3. The summed E-state index contributed by atoms with van der Waals surface area (Å²) < 4.78 is 5.50. The van der Waals surface area contributed by atoms with Gasteiger partial charge in [0.05, 0.1) is 25.4 Å². The highest BCUT2D eigenvalue weighted by atomic mass is 16.5. The lowest BCUT2D eigenvalue weighted by Gasteiger charge is -2.22. The van der Waals surface area contributed by atoms with Crippen LogP contribution in [0.2, 0.25) is 0 Å². The van der Waals surface area contributed by atoms with E-state index in [1.165, 1.54) is 289 Å². The highest BCUT2D eigenvalue weighted by Gasteiger charge is 2.20. The van der Waals surface area contributed by atoms with E-state index in [2.05, 4.69) is 43.5 Å². The number of carbonyl (C=O) groups is 2. The Hall–Kier alpha value is -1.66. The number of amides is 1. The average molecular weight is 1040 g/mol. The number of allylic oxidation sites excluding steroid dienone is 4. The van der Waals surface area contributed by atoms with E-state index < -0.39 is 12.1 Å². The summed E-state index contributed by atoms with van der Waals surface area (Å²) in [5.41, 5.74) is 0. The number of hydrogen-bond acceptors (Lipinski definition) is 5. The highest BCUT2D eigenvalue weighted by molar-refractivity contribution is 5.76. The van der Waals surface area contributed by atoms with E-state index in [0.29, 0.717) is 25.9 Å². The van der Waals surface area contributed by atoms with Crippen LogP contribution in [0.4, 0.5) is 0 Å². The molecule has 2 atom stereocenters. The summed E-state index contributed by atoms with van der Waals surface area (Å²) >= 11 is 0. The third-order valence-electron chi connectivity index (χ3n) is 15.8. The lowest BCUT2D eigenvalue weighted by atomic mass is 10.0. The molecule has 0 aliphatic rings. The quantitative estimate of drug-likeness (QED) is 0.0320. The van der Waals surface area contributed by atoms with Gasteiger partial charge in [-0.15, -0.1) is 0 Å². The molecule has 0 aliphatic heterocycles. The summed E-state index contributed by atoms with van der Waals surface area (Å²) in [4.78, 5) is 24.6. The summed E-state index contributed by atoms with van der Waals surface area (Å²) in [5, 5.41) is 23.3. The Labute approximate surface area is 462 Å². The van der Waals surface area contributed by atoms with Crippen molar-refractivity contribution in [2.75, 3.05) is 13.2 Å². The number of nitrogens with one attached hydrogen (secondary N) is 1. The number of esters is 1. The van der Waals surface area contributed by atoms with Gasteiger partial charge in [-0.2, -0.15) is 0 Å². The Morgan fingerprint density at radius 3 is 1.04 bits per heavy atom. The Morgan fingerprint density at radius 2 is 0.676 bits per heavy atom. The van der Waals surface area contributed by atoms with Crippen LogP contribution in [0.1, 0.15) is 373 Å². The second-order valence-electron chi connectivity index (χ2n) is 23.2. The molecule has 0 rings (SSSR count). The predicted molar refractivity (Wildman–Crippen MR) is 324 cm³/mol. The third-order valence-corrected chi connectivity index (χ3v) is 15.8. The van der Waals surface area contributed by atoms with E-state index in [1.807, 2.05) is 0 Å². The first-order valence-corrected chi connectivity index (χ1v) is 33.6. The Balaban J connectivity index is 3.35. The van der Waals surface area contributed by atoms with Crippen LogP contribution in [0, 0.1) is 0 Å². The van der Waals surface area contributed by atoms with Gasteiger partial charge in [-0.1, -0.05) is 327 Å². The van der Waals surface area contributed by atoms with Gasteiger partial charge in [0.1, 0.15) is 0 Å². The van der Waals surface area contributed by atoms with Crippen LogP contribution in [-0.2, 0) is 14.3 Å². The van der Waals surface area contributed by atoms with Crippen molar-refractivity contribution < 1.29 is 24.5 Å². The standard InChI is InChI=1S/C68H131NO5/c1-3-5-7-9-11-13-15-17-19-20-30-34-38-42-46-50-54-58-62-68(73)74-63-59-55-51-47-43-39-35-31-28-26-24-22-21-23-25-27-29-33-37-41-45-49-53-57-61-67(72)69-65(64-70)66(71)60-56-52-48-44-40-36-32-18-16-14-12-10-8-6-4-2/h13,15,19-20,65-66,70-71H,3-12,14,16-18,21-64H2,1-2H3,(H,69,72)/b15-13-,20-19-. The zero-order valence-corrected chi connectivity index (χ0v) is 50.1. The molecule has 0 spiro atoms. The molecular weight excluding hydrogens is 911 g/mol. The maximum Gasteiger partial charge on any atom is 0.305 e. The first-order chi connectivity index (χ1) is 36.5. The smallest absolute Gasteiger partial charge is 0.305 e. The SMILES string of the molecule is CCCCCC/C=C\C/C=C\CCCCCCCCCC(=O)OCCCCCCCCCCCCCCCCCCCCCCCCCCC(=O)NC(CO)C(O)CCCCCCCCCCCCCCCCC. The molecule has 0 saturated heterocycles. The molecule has 0 aromatic rings. The molecule has 0 aromatic carbocycles. The molecule has 0 heterocycles. The number of ether oxygens (including phenoxy) is 1. The van der Waals surface area contributed by atoms with Gasteiger partial charge in [0, 0.05) is 12.8 Å². The summed E-state index contributed by atoms with van der Waals surface area (Å²) in [6, 6.07) is -0.540. The molecule has 0 bridgehead atoms.